The molecular weight excluding hydrogens is 199 g/mol. The molecule has 0 spiro atoms. The monoisotopic (exact) mass is 208 g/mol. The summed E-state index contributed by atoms with van der Waals surface area (Å²) in [4.78, 5) is 0. The van der Waals surface area contributed by atoms with E-state index in [0.29, 0.717) is 3.42 Å². The second kappa shape index (κ2) is 1.77. The molecule has 7 heavy (non-hydrogen) atoms. The van der Waals surface area contributed by atoms with Crippen molar-refractivity contribution in [2.24, 2.45) is 0 Å². The molecule has 40 valence electrons. The molecule has 1 rings (SSSR count). The molecule has 0 bridgehead atoms. The fourth-order valence-electron chi connectivity index (χ4n) is 0.778. The van der Waals surface area contributed by atoms with Gasteiger partial charge in [-0.2, -0.15) is 0 Å². The summed E-state index contributed by atoms with van der Waals surface area (Å²) in [6.07, 6.45) is 7.15. The molecule has 0 radical (unpaired) electrons. The second-order valence-electron chi connectivity index (χ2n) is 2.22. The molecule has 0 amide bonds. The number of rotatable bonds is 0. The molecule has 0 fully saturated rings. The van der Waals surface area contributed by atoms with Gasteiger partial charge in [0.1, 0.15) is 0 Å². The predicted octanol–water partition coefficient (Wildman–Crippen LogP) is 2.53. The minimum absolute atomic E-state index is 0.484. The maximum Gasteiger partial charge on any atom is 0.0375 e. The summed E-state index contributed by atoms with van der Waals surface area (Å²) in [5.74, 6) is 0. The lowest BCUT2D eigenvalue weighted by Crippen LogP contribution is -2.04. The van der Waals surface area contributed by atoms with Gasteiger partial charge in [-0.15, -0.1) is 0 Å². The van der Waals surface area contributed by atoms with Crippen LogP contribution in [0, 0.1) is 0 Å². The largest absolute Gasteiger partial charge is 0.0872 e. The lowest BCUT2D eigenvalue weighted by Gasteiger charge is -2.08. The van der Waals surface area contributed by atoms with E-state index in [1.807, 2.05) is 0 Å². The average Bonchev–Trinajstić information content (AvgIpc) is 1.84. The van der Waals surface area contributed by atoms with Crippen LogP contribution < -0.4 is 0 Å². The third-order valence-electron chi connectivity index (χ3n) is 1.27. The van der Waals surface area contributed by atoms with E-state index in [-0.39, 0.29) is 0 Å². The van der Waals surface area contributed by atoms with Crippen molar-refractivity contribution in [2.75, 3.05) is 0 Å². The Morgan fingerprint density at radius 2 is 2.43 bits per heavy atom. The highest BCUT2D eigenvalue weighted by molar-refractivity contribution is 14.1. The minimum atomic E-state index is 0.484. The Labute approximate surface area is 58.1 Å². The summed E-state index contributed by atoms with van der Waals surface area (Å²) < 4.78 is 0.484. The van der Waals surface area contributed by atoms with Crippen LogP contribution in [0.4, 0.5) is 0 Å². The molecule has 0 unspecified atom stereocenters. The molecule has 0 N–H and O–H groups in total. The van der Waals surface area contributed by atoms with Gasteiger partial charge >= 0.3 is 0 Å². The third kappa shape index (κ3) is 1.44. The first-order valence-electron chi connectivity index (χ1n) is 2.57. The minimum Gasteiger partial charge on any atom is -0.0872 e. The molecule has 0 aromatic heterocycles. The van der Waals surface area contributed by atoms with Gasteiger partial charge in [0.25, 0.3) is 0 Å². The number of alkyl halides is 1. The molecule has 1 aliphatic rings. The van der Waals surface area contributed by atoms with Crippen LogP contribution in [0.1, 0.15) is 19.8 Å². The standard InChI is InChI=1S/C6H9I/c1-6(7)4-2-3-5-6/h2,4H,3,5H2,1H3/t6-/m0/s1. The molecule has 0 saturated carbocycles. The third-order valence-corrected chi connectivity index (χ3v) is 2.16. The Kier molecular flexibility index (Phi) is 1.41. The van der Waals surface area contributed by atoms with Gasteiger partial charge in [0.05, 0.1) is 0 Å². The maximum absolute atomic E-state index is 2.48. The van der Waals surface area contributed by atoms with Crippen molar-refractivity contribution in [3.8, 4) is 0 Å². The van der Waals surface area contributed by atoms with Gasteiger partial charge < -0.3 is 0 Å². The van der Waals surface area contributed by atoms with Gasteiger partial charge in [0.2, 0.25) is 0 Å². The molecule has 0 heterocycles. The van der Waals surface area contributed by atoms with Crippen LogP contribution in [0.3, 0.4) is 0 Å². The van der Waals surface area contributed by atoms with E-state index in [0.717, 1.165) is 0 Å². The molecular formula is C6H9I. The number of halogens is 1. The van der Waals surface area contributed by atoms with Crippen molar-refractivity contribution in [2.45, 2.75) is 23.2 Å². The highest BCUT2D eigenvalue weighted by Crippen LogP contribution is 2.30. The lowest BCUT2D eigenvalue weighted by atomic mass is 10.2. The van der Waals surface area contributed by atoms with Gasteiger partial charge in [-0.25, -0.2) is 0 Å². The molecule has 1 aliphatic carbocycles. The maximum atomic E-state index is 2.48. The quantitative estimate of drug-likeness (QED) is 0.326. The molecule has 1 atom stereocenters. The van der Waals surface area contributed by atoms with Crippen LogP contribution in [-0.4, -0.2) is 3.42 Å². The number of hydrogen-bond acceptors (Lipinski definition) is 0. The highest BCUT2D eigenvalue weighted by atomic mass is 127. The second-order valence-corrected chi connectivity index (χ2v) is 4.68. The van der Waals surface area contributed by atoms with E-state index in [1.54, 1.807) is 0 Å². The zero-order chi connectivity index (χ0) is 5.33. The first-order chi connectivity index (χ1) is 3.21. The van der Waals surface area contributed by atoms with Gasteiger partial charge in [-0.05, 0) is 19.8 Å². The van der Waals surface area contributed by atoms with Crippen LogP contribution in [0.15, 0.2) is 12.2 Å². The summed E-state index contributed by atoms with van der Waals surface area (Å²) in [7, 11) is 0. The van der Waals surface area contributed by atoms with Gasteiger partial charge in [-0.1, -0.05) is 34.7 Å². The van der Waals surface area contributed by atoms with Crippen molar-refractivity contribution >= 4 is 22.6 Å². The average molecular weight is 208 g/mol. The smallest absolute Gasteiger partial charge is 0.0375 e. The van der Waals surface area contributed by atoms with Crippen molar-refractivity contribution in [1.29, 1.82) is 0 Å². The van der Waals surface area contributed by atoms with Crippen molar-refractivity contribution < 1.29 is 0 Å². The fourth-order valence-corrected chi connectivity index (χ4v) is 1.34. The van der Waals surface area contributed by atoms with E-state index >= 15 is 0 Å². The highest BCUT2D eigenvalue weighted by Gasteiger charge is 2.18. The Bertz CT molecular complexity index is 92.4. The summed E-state index contributed by atoms with van der Waals surface area (Å²) >= 11 is 2.48. The summed E-state index contributed by atoms with van der Waals surface area (Å²) in [6.45, 7) is 2.26. The Morgan fingerprint density at radius 1 is 1.71 bits per heavy atom. The molecule has 0 saturated heterocycles. The van der Waals surface area contributed by atoms with Crippen molar-refractivity contribution in [1.82, 2.24) is 0 Å². The van der Waals surface area contributed by atoms with Crippen LogP contribution in [0.2, 0.25) is 0 Å². The fraction of sp³-hybridized carbons (Fsp3) is 0.667. The van der Waals surface area contributed by atoms with Crippen molar-refractivity contribution in [3.05, 3.63) is 12.2 Å². The van der Waals surface area contributed by atoms with E-state index in [1.165, 1.54) is 12.8 Å². The summed E-state index contributed by atoms with van der Waals surface area (Å²) in [6, 6.07) is 0. The van der Waals surface area contributed by atoms with Gasteiger partial charge in [0.15, 0.2) is 0 Å². The first-order valence-corrected chi connectivity index (χ1v) is 3.65. The van der Waals surface area contributed by atoms with Crippen molar-refractivity contribution in [3.63, 3.8) is 0 Å². The van der Waals surface area contributed by atoms with E-state index < -0.39 is 0 Å². The van der Waals surface area contributed by atoms with E-state index in [2.05, 4.69) is 41.7 Å². The predicted molar refractivity (Wildman–Crippen MR) is 40.8 cm³/mol. The molecule has 0 aromatic carbocycles. The number of hydrogen-bond donors (Lipinski definition) is 0. The van der Waals surface area contributed by atoms with Crippen LogP contribution in [-0.2, 0) is 0 Å². The zero-order valence-electron chi connectivity index (χ0n) is 4.45. The summed E-state index contributed by atoms with van der Waals surface area (Å²) in [5, 5.41) is 0. The van der Waals surface area contributed by atoms with Gasteiger partial charge in [-0.3, -0.25) is 0 Å². The molecule has 1 heteroatoms. The normalized spacial score (nSPS) is 39.7. The lowest BCUT2D eigenvalue weighted by molar-refractivity contribution is 0.787. The molecule has 0 aromatic rings. The van der Waals surface area contributed by atoms with E-state index in [4.69, 9.17) is 0 Å². The number of allylic oxidation sites excluding steroid dienone is 2. The first kappa shape index (κ1) is 5.60. The molecule has 0 aliphatic heterocycles. The SMILES string of the molecule is C[C@]1(I)C=CCC1. The Hall–Kier alpha value is 0.470. The Balaban J connectivity index is 2.57. The van der Waals surface area contributed by atoms with Gasteiger partial charge in [0, 0.05) is 3.42 Å². The van der Waals surface area contributed by atoms with Crippen LogP contribution in [0.25, 0.3) is 0 Å². The van der Waals surface area contributed by atoms with Crippen LogP contribution in [0.5, 0.6) is 0 Å². The topological polar surface area (TPSA) is 0 Å². The Morgan fingerprint density at radius 3 is 2.57 bits per heavy atom. The van der Waals surface area contributed by atoms with E-state index in [9.17, 15) is 0 Å². The zero-order valence-corrected chi connectivity index (χ0v) is 6.60. The summed E-state index contributed by atoms with van der Waals surface area (Å²) in [5.41, 5.74) is 0. The van der Waals surface area contributed by atoms with Crippen LogP contribution >= 0.6 is 22.6 Å². The molecule has 0 nitrogen and oxygen atoms in total.